The van der Waals surface area contributed by atoms with Gasteiger partial charge in [-0.25, -0.2) is 18.2 Å². The van der Waals surface area contributed by atoms with Gasteiger partial charge >= 0.3 is 12.4 Å². The topological polar surface area (TPSA) is 84.1 Å². The van der Waals surface area contributed by atoms with Crippen molar-refractivity contribution in [1.29, 1.82) is 0 Å². The Kier molecular flexibility index (Phi) is 8.47. The number of carbonyl (C=O) groups is 1. The van der Waals surface area contributed by atoms with Crippen molar-refractivity contribution in [2.75, 3.05) is 0 Å². The molecule has 0 unspecified atom stereocenters. The average Bonchev–Trinajstić information content (AvgIpc) is 2.85. The summed E-state index contributed by atoms with van der Waals surface area (Å²) in [5.74, 6) is -3.67. The van der Waals surface area contributed by atoms with Gasteiger partial charge in [-0.1, -0.05) is 18.2 Å². The third-order valence-electron chi connectivity index (χ3n) is 6.43. The standard InChI is InChI=1S/C26H20F9N3O3/c27-21-13(3-6-17(26(33,34)35)20(21)23-37-18(22(28)29)9-19(39)38-23)10-36-24(40)14-7-16(8-14)41-11-12-1-4-15(5-2-12)25(30,31)32/h1-6,9,14,16,22H,7-8,10-11H2,(H,36,40)(H,37,38,39). The molecular weight excluding hydrogens is 573 g/mol. The zero-order valence-corrected chi connectivity index (χ0v) is 20.7. The summed E-state index contributed by atoms with van der Waals surface area (Å²) in [6.45, 7) is -0.540. The van der Waals surface area contributed by atoms with Crippen LogP contribution >= 0.6 is 0 Å². The zero-order valence-electron chi connectivity index (χ0n) is 20.7. The highest BCUT2D eigenvalue weighted by atomic mass is 19.4. The summed E-state index contributed by atoms with van der Waals surface area (Å²) < 4.78 is 126. The molecular formula is C26H20F9N3O3. The molecule has 1 aromatic heterocycles. The van der Waals surface area contributed by atoms with Gasteiger partial charge in [0.15, 0.2) is 0 Å². The zero-order chi connectivity index (χ0) is 30.1. The molecule has 0 saturated heterocycles. The van der Waals surface area contributed by atoms with E-state index >= 15 is 4.39 Å². The number of aromatic nitrogens is 2. The quantitative estimate of drug-likeness (QED) is 0.307. The second-order valence-electron chi connectivity index (χ2n) is 9.29. The number of halogens is 9. The Morgan fingerprint density at radius 2 is 1.68 bits per heavy atom. The lowest BCUT2D eigenvalue weighted by molar-refractivity contribution is -0.138. The van der Waals surface area contributed by atoms with Crippen molar-refractivity contribution in [2.45, 2.75) is 50.9 Å². The number of aromatic amines is 1. The highest BCUT2D eigenvalue weighted by molar-refractivity contribution is 5.79. The van der Waals surface area contributed by atoms with Crippen molar-refractivity contribution in [1.82, 2.24) is 15.3 Å². The summed E-state index contributed by atoms with van der Waals surface area (Å²) in [5, 5.41) is 2.40. The molecule has 2 aromatic carbocycles. The Bertz CT molecular complexity index is 1460. The number of ether oxygens (including phenoxy) is 1. The first-order valence-corrected chi connectivity index (χ1v) is 12.0. The summed E-state index contributed by atoms with van der Waals surface area (Å²) in [7, 11) is 0. The van der Waals surface area contributed by atoms with Gasteiger partial charge in [0.2, 0.25) is 5.91 Å². The third kappa shape index (κ3) is 7.07. The first kappa shape index (κ1) is 30.1. The summed E-state index contributed by atoms with van der Waals surface area (Å²) in [4.78, 5) is 29.4. The Morgan fingerprint density at radius 3 is 2.27 bits per heavy atom. The number of carbonyl (C=O) groups excluding carboxylic acids is 1. The van der Waals surface area contributed by atoms with E-state index in [-0.39, 0.29) is 25.6 Å². The second-order valence-corrected chi connectivity index (χ2v) is 9.29. The van der Waals surface area contributed by atoms with E-state index in [1.807, 2.05) is 4.98 Å². The maximum atomic E-state index is 15.3. The van der Waals surface area contributed by atoms with Crippen LogP contribution in [0.5, 0.6) is 0 Å². The fourth-order valence-corrected chi connectivity index (χ4v) is 4.18. The van der Waals surface area contributed by atoms with Gasteiger partial charge in [0.1, 0.15) is 17.3 Å². The number of alkyl halides is 8. The van der Waals surface area contributed by atoms with Crippen LogP contribution in [-0.4, -0.2) is 22.0 Å². The molecule has 1 fully saturated rings. The fourth-order valence-electron chi connectivity index (χ4n) is 4.18. The van der Waals surface area contributed by atoms with E-state index in [4.69, 9.17) is 4.74 Å². The van der Waals surface area contributed by atoms with Crippen molar-refractivity contribution in [3.8, 4) is 11.4 Å². The Morgan fingerprint density at radius 1 is 1.02 bits per heavy atom. The number of hydrogen-bond acceptors (Lipinski definition) is 4. The van der Waals surface area contributed by atoms with Crippen LogP contribution in [0.1, 0.15) is 47.2 Å². The largest absolute Gasteiger partial charge is 0.417 e. The maximum absolute atomic E-state index is 15.3. The molecule has 0 bridgehead atoms. The van der Waals surface area contributed by atoms with Gasteiger partial charge in [-0.05, 0) is 36.6 Å². The van der Waals surface area contributed by atoms with Gasteiger partial charge in [0.25, 0.3) is 12.0 Å². The fraction of sp³-hybridized carbons (Fsp3) is 0.346. The highest BCUT2D eigenvalue weighted by Gasteiger charge is 2.38. The predicted octanol–water partition coefficient (Wildman–Crippen LogP) is 6.16. The predicted molar refractivity (Wildman–Crippen MR) is 125 cm³/mol. The van der Waals surface area contributed by atoms with E-state index in [1.165, 1.54) is 12.1 Å². The normalized spacial score (nSPS) is 17.4. The molecule has 220 valence electrons. The molecule has 2 N–H and O–H groups in total. The molecule has 1 amide bonds. The number of nitrogens with zero attached hydrogens (tertiary/aromatic N) is 1. The van der Waals surface area contributed by atoms with Crippen molar-refractivity contribution >= 4 is 5.91 Å². The van der Waals surface area contributed by atoms with Gasteiger partial charge in [0, 0.05) is 24.1 Å². The number of hydrogen-bond donors (Lipinski definition) is 2. The minimum absolute atomic E-state index is 0.0135. The van der Waals surface area contributed by atoms with Crippen LogP contribution in [0.4, 0.5) is 39.5 Å². The van der Waals surface area contributed by atoms with Crippen molar-refractivity contribution in [3.63, 3.8) is 0 Å². The van der Waals surface area contributed by atoms with Crippen LogP contribution in [0.2, 0.25) is 0 Å². The third-order valence-corrected chi connectivity index (χ3v) is 6.43. The molecule has 15 heteroatoms. The van der Waals surface area contributed by atoms with Gasteiger partial charge in [-0.2, -0.15) is 26.3 Å². The minimum Gasteiger partial charge on any atom is -0.373 e. The lowest BCUT2D eigenvalue weighted by Crippen LogP contribution is -2.42. The van der Waals surface area contributed by atoms with Crippen LogP contribution in [0.25, 0.3) is 11.4 Å². The van der Waals surface area contributed by atoms with Crippen LogP contribution in [-0.2, 0) is 35.0 Å². The second kappa shape index (κ2) is 11.5. The van der Waals surface area contributed by atoms with Gasteiger partial charge in [0.05, 0.1) is 29.4 Å². The summed E-state index contributed by atoms with van der Waals surface area (Å²) >= 11 is 0. The van der Waals surface area contributed by atoms with Gasteiger partial charge < -0.3 is 15.0 Å². The molecule has 6 nitrogen and oxygen atoms in total. The van der Waals surface area contributed by atoms with Gasteiger partial charge in [-0.3, -0.25) is 9.59 Å². The monoisotopic (exact) mass is 593 g/mol. The van der Waals surface area contributed by atoms with Crippen LogP contribution in [0.15, 0.2) is 47.3 Å². The smallest absolute Gasteiger partial charge is 0.373 e. The molecule has 1 heterocycles. The number of rotatable bonds is 8. The van der Waals surface area contributed by atoms with E-state index in [0.717, 1.165) is 18.2 Å². The van der Waals surface area contributed by atoms with Crippen molar-refractivity contribution < 1.29 is 49.0 Å². The number of amides is 1. The Labute approximate surface area is 225 Å². The lowest BCUT2D eigenvalue weighted by atomic mass is 9.81. The molecule has 0 spiro atoms. The Balaban J connectivity index is 1.39. The van der Waals surface area contributed by atoms with Gasteiger partial charge in [-0.15, -0.1) is 0 Å². The molecule has 3 aromatic rings. The van der Waals surface area contributed by atoms with E-state index in [9.17, 15) is 44.7 Å². The number of nitrogens with one attached hydrogen (secondary N) is 2. The number of benzene rings is 2. The number of H-pyrrole nitrogens is 1. The average molecular weight is 593 g/mol. The lowest BCUT2D eigenvalue weighted by Gasteiger charge is -2.34. The SMILES string of the molecule is O=C(NCc1ccc(C(F)(F)F)c(-c2nc(C(F)F)cc(=O)[nH]2)c1F)C1CC(OCc2ccc(C(F)(F)F)cc2)C1. The molecule has 0 radical (unpaired) electrons. The van der Waals surface area contributed by atoms with Crippen LogP contribution < -0.4 is 10.9 Å². The maximum Gasteiger partial charge on any atom is 0.417 e. The van der Waals surface area contributed by atoms with Crippen molar-refractivity contribution in [2.24, 2.45) is 5.92 Å². The van der Waals surface area contributed by atoms with Crippen LogP contribution in [0.3, 0.4) is 0 Å². The Hall–Kier alpha value is -3.88. The first-order valence-electron chi connectivity index (χ1n) is 12.0. The summed E-state index contributed by atoms with van der Waals surface area (Å²) in [6, 6.07) is 6.02. The first-order chi connectivity index (χ1) is 19.1. The van der Waals surface area contributed by atoms with E-state index in [2.05, 4.69) is 10.3 Å². The van der Waals surface area contributed by atoms with E-state index < -0.39 is 82.3 Å². The van der Waals surface area contributed by atoms with Crippen molar-refractivity contribution in [3.05, 3.63) is 86.6 Å². The highest BCUT2D eigenvalue weighted by Crippen LogP contribution is 2.39. The molecule has 0 aliphatic heterocycles. The molecule has 1 aliphatic carbocycles. The molecule has 1 saturated carbocycles. The summed E-state index contributed by atoms with van der Waals surface area (Å²) in [6.07, 6.45) is -12.8. The summed E-state index contributed by atoms with van der Waals surface area (Å²) in [5.41, 5.74) is -5.89. The molecule has 1 aliphatic rings. The van der Waals surface area contributed by atoms with E-state index in [1.54, 1.807) is 0 Å². The van der Waals surface area contributed by atoms with E-state index in [0.29, 0.717) is 17.7 Å². The molecule has 0 atom stereocenters. The molecule has 4 rings (SSSR count). The minimum atomic E-state index is -5.13. The molecule has 41 heavy (non-hydrogen) atoms. The van der Waals surface area contributed by atoms with Crippen LogP contribution in [0, 0.1) is 11.7 Å².